The average molecular weight is 299 g/mol. The van der Waals surface area contributed by atoms with E-state index in [1.165, 1.54) is 51.4 Å². The molecular weight excluding hydrogens is 260 g/mol. The van der Waals surface area contributed by atoms with E-state index in [4.69, 9.17) is 4.74 Å². The predicted molar refractivity (Wildman–Crippen MR) is 91.5 cm³/mol. The summed E-state index contributed by atoms with van der Waals surface area (Å²) < 4.78 is 5.28. The number of rotatable bonds is 13. The number of carbonyl (C=O) groups excluding carboxylic acids is 1. The molecule has 2 nitrogen and oxygen atoms in total. The monoisotopic (exact) mass is 298 g/mol. The van der Waals surface area contributed by atoms with Crippen molar-refractivity contribution in [1.29, 1.82) is 0 Å². The lowest BCUT2D eigenvalue weighted by molar-refractivity contribution is -0.143. The van der Waals surface area contributed by atoms with Gasteiger partial charge in [-0.05, 0) is 24.7 Å². The maximum absolute atomic E-state index is 11.6. The highest BCUT2D eigenvalue weighted by Gasteiger charge is 2.09. The van der Waals surface area contributed by atoms with Crippen LogP contribution < -0.4 is 0 Å². The van der Waals surface area contributed by atoms with Crippen LogP contribution in [-0.4, -0.2) is 12.6 Å². The summed E-state index contributed by atoms with van der Waals surface area (Å²) in [6.45, 7) is 9.66. The average Bonchev–Trinajstić information content (AvgIpc) is 2.40. The summed E-state index contributed by atoms with van der Waals surface area (Å²) in [5.41, 5.74) is 0.414. The second-order valence-electron chi connectivity index (χ2n) is 7.46. The van der Waals surface area contributed by atoms with Crippen LogP contribution in [0, 0.1) is 5.41 Å². The Morgan fingerprint density at radius 1 is 0.810 bits per heavy atom. The molecule has 0 aliphatic carbocycles. The molecule has 0 saturated carbocycles. The van der Waals surface area contributed by atoms with Gasteiger partial charge in [-0.1, -0.05) is 79.1 Å². The van der Waals surface area contributed by atoms with Crippen molar-refractivity contribution < 1.29 is 9.53 Å². The third-order valence-electron chi connectivity index (χ3n) is 3.82. The van der Waals surface area contributed by atoms with E-state index >= 15 is 0 Å². The third-order valence-corrected chi connectivity index (χ3v) is 3.82. The van der Waals surface area contributed by atoms with Crippen molar-refractivity contribution in [3.8, 4) is 0 Å². The van der Waals surface area contributed by atoms with Gasteiger partial charge in [-0.2, -0.15) is 0 Å². The van der Waals surface area contributed by atoms with Crippen molar-refractivity contribution in [2.45, 2.75) is 105 Å². The van der Waals surface area contributed by atoms with Gasteiger partial charge in [0.2, 0.25) is 0 Å². The number of hydrogen-bond donors (Lipinski definition) is 0. The van der Waals surface area contributed by atoms with Crippen LogP contribution in [0.5, 0.6) is 0 Å². The first kappa shape index (κ1) is 20.5. The fourth-order valence-corrected chi connectivity index (χ4v) is 2.42. The van der Waals surface area contributed by atoms with E-state index in [0.29, 0.717) is 18.4 Å². The Hall–Kier alpha value is -0.530. The molecule has 126 valence electrons. The van der Waals surface area contributed by atoms with Crippen LogP contribution >= 0.6 is 0 Å². The molecule has 0 radical (unpaired) electrons. The van der Waals surface area contributed by atoms with E-state index in [0.717, 1.165) is 19.3 Å². The van der Waals surface area contributed by atoms with Gasteiger partial charge >= 0.3 is 5.97 Å². The highest BCUT2D eigenvalue weighted by atomic mass is 16.5. The van der Waals surface area contributed by atoms with Crippen molar-refractivity contribution in [2.75, 3.05) is 6.61 Å². The summed E-state index contributed by atoms with van der Waals surface area (Å²) in [6.07, 6.45) is 14.0. The molecule has 0 atom stereocenters. The van der Waals surface area contributed by atoms with Gasteiger partial charge in [0.25, 0.3) is 0 Å². The fraction of sp³-hybridized carbons (Fsp3) is 0.947. The zero-order valence-corrected chi connectivity index (χ0v) is 15.0. The maximum Gasteiger partial charge on any atom is 0.305 e. The second kappa shape index (κ2) is 13.2. The van der Waals surface area contributed by atoms with E-state index in [2.05, 4.69) is 27.7 Å². The highest BCUT2D eigenvalue weighted by Crippen LogP contribution is 2.22. The van der Waals surface area contributed by atoms with Crippen molar-refractivity contribution in [3.05, 3.63) is 0 Å². The molecule has 21 heavy (non-hydrogen) atoms. The van der Waals surface area contributed by atoms with E-state index in [1.54, 1.807) is 0 Å². The van der Waals surface area contributed by atoms with Gasteiger partial charge in [-0.3, -0.25) is 4.79 Å². The van der Waals surface area contributed by atoms with Crippen molar-refractivity contribution in [1.82, 2.24) is 0 Å². The van der Waals surface area contributed by atoms with Crippen LogP contribution in [0.15, 0.2) is 0 Å². The molecule has 0 rings (SSSR count). The first-order valence-corrected chi connectivity index (χ1v) is 9.11. The predicted octanol–water partition coefficient (Wildman–Crippen LogP) is 6.28. The van der Waals surface area contributed by atoms with Crippen molar-refractivity contribution in [3.63, 3.8) is 0 Å². The van der Waals surface area contributed by atoms with Gasteiger partial charge in [-0.25, -0.2) is 0 Å². The van der Waals surface area contributed by atoms with Gasteiger partial charge in [0, 0.05) is 6.42 Å². The van der Waals surface area contributed by atoms with Crippen molar-refractivity contribution >= 4 is 5.97 Å². The van der Waals surface area contributed by atoms with Crippen molar-refractivity contribution in [2.24, 2.45) is 5.41 Å². The Morgan fingerprint density at radius 3 is 2.00 bits per heavy atom. The minimum atomic E-state index is -0.00302. The van der Waals surface area contributed by atoms with Crippen LogP contribution in [0.4, 0.5) is 0 Å². The molecule has 0 aliphatic heterocycles. The van der Waals surface area contributed by atoms with Crippen LogP contribution in [0.3, 0.4) is 0 Å². The summed E-state index contributed by atoms with van der Waals surface area (Å²) in [6, 6.07) is 0. The minimum absolute atomic E-state index is 0.00302. The molecule has 2 heteroatoms. The third kappa shape index (κ3) is 17.4. The Bertz CT molecular complexity index is 240. The number of hydrogen-bond acceptors (Lipinski definition) is 2. The van der Waals surface area contributed by atoms with Gasteiger partial charge in [0.15, 0.2) is 0 Å². The number of ether oxygens (including phenoxy) is 1. The van der Waals surface area contributed by atoms with Crippen LogP contribution in [0.25, 0.3) is 0 Å². The van der Waals surface area contributed by atoms with Gasteiger partial charge < -0.3 is 4.74 Å². The number of esters is 1. The standard InChI is InChI=1S/C19H38O2/c1-5-6-7-8-9-10-14-17-21-18(20)15-12-11-13-16-19(2,3)4/h5-17H2,1-4H3. The van der Waals surface area contributed by atoms with E-state index in [-0.39, 0.29) is 5.97 Å². The molecule has 0 aromatic heterocycles. The number of carbonyl (C=O) groups is 1. The fourth-order valence-electron chi connectivity index (χ4n) is 2.42. The zero-order chi connectivity index (χ0) is 16.0. The largest absolute Gasteiger partial charge is 0.466 e. The molecule has 0 amide bonds. The molecule has 0 N–H and O–H groups in total. The summed E-state index contributed by atoms with van der Waals surface area (Å²) in [5.74, 6) is -0.00302. The van der Waals surface area contributed by atoms with E-state index in [1.807, 2.05) is 0 Å². The van der Waals surface area contributed by atoms with Crippen LogP contribution in [-0.2, 0) is 9.53 Å². The summed E-state index contributed by atoms with van der Waals surface area (Å²) >= 11 is 0. The molecule has 0 bridgehead atoms. The Labute approximate surface area is 133 Å². The maximum atomic E-state index is 11.6. The molecule has 0 fully saturated rings. The first-order valence-electron chi connectivity index (χ1n) is 9.11. The Balaban J connectivity index is 3.24. The molecule has 0 spiro atoms. The van der Waals surface area contributed by atoms with Gasteiger partial charge in [0.05, 0.1) is 6.61 Å². The van der Waals surface area contributed by atoms with E-state index in [9.17, 15) is 4.79 Å². The molecule has 0 aromatic rings. The minimum Gasteiger partial charge on any atom is -0.466 e. The molecule has 0 heterocycles. The summed E-state index contributed by atoms with van der Waals surface area (Å²) in [4.78, 5) is 11.6. The molecule has 0 aromatic carbocycles. The van der Waals surface area contributed by atoms with Gasteiger partial charge in [0.1, 0.15) is 0 Å². The summed E-state index contributed by atoms with van der Waals surface area (Å²) in [7, 11) is 0. The van der Waals surface area contributed by atoms with E-state index < -0.39 is 0 Å². The number of unbranched alkanes of at least 4 members (excludes halogenated alkanes) is 8. The van der Waals surface area contributed by atoms with Gasteiger partial charge in [-0.15, -0.1) is 0 Å². The molecular formula is C19H38O2. The highest BCUT2D eigenvalue weighted by molar-refractivity contribution is 5.69. The normalized spacial score (nSPS) is 11.6. The van der Waals surface area contributed by atoms with Crippen LogP contribution in [0.2, 0.25) is 0 Å². The molecule has 0 aliphatic rings. The molecule has 0 saturated heterocycles. The topological polar surface area (TPSA) is 26.3 Å². The molecule has 0 unspecified atom stereocenters. The SMILES string of the molecule is CCCCCCCCCOC(=O)CCCCCC(C)(C)C. The lowest BCUT2D eigenvalue weighted by atomic mass is 9.89. The lowest BCUT2D eigenvalue weighted by Gasteiger charge is -2.17. The zero-order valence-electron chi connectivity index (χ0n) is 15.0. The lowest BCUT2D eigenvalue weighted by Crippen LogP contribution is -2.06. The van der Waals surface area contributed by atoms with Crippen LogP contribution in [0.1, 0.15) is 105 Å². The Kier molecular flexibility index (Phi) is 12.8. The quantitative estimate of drug-likeness (QED) is 0.295. The smallest absolute Gasteiger partial charge is 0.305 e. The summed E-state index contributed by atoms with van der Waals surface area (Å²) in [5, 5.41) is 0. The Morgan fingerprint density at radius 2 is 1.38 bits per heavy atom. The second-order valence-corrected chi connectivity index (χ2v) is 7.46. The first-order chi connectivity index (χ1) is 9.95.